The highest BCUT2D eigenvalue weighted by Gasteiger charge is 2.44. The van der Waals surface area contributed by atoms with Gasteiger partial charge in [0.1, 0.15) is 11.8 Å². The number of ether oxygens (including phenoxy) is 1. The summed E-state index contributed by atoms with van der Waals surface area (Å²) in [6.45, 7) is 4.81. The van der Waals surface area contributed by atoms with Crippen molar-refractivity contribution in [1.82, 2.24) is 10.2 Å². The number of unbranched alkanes of at least 4 members (excludes halogenated alkanes) is 1. The third-order valence-corrected chi connectivity index (χ3v) is 5.67. The van der Waals surface area contributed by atoms with Gasteiger partial charge in [-0.2, -0.15) is 0 Å². The van der Waals surface area contributed by atoms with Crippen LogP contribution in [0.25, 0.3) is 0 Å². The molecule has 0 radical (unpaired) electrons. The van der Waals surface area contributed by atoms with E-state index in [0.717, 1.165) is 29.7 Å². The molecule has 0 bridgehead atoms. The van der Waals surface area contributed by atoms with Crippen LogP contribution in [-0.4, -0.2) is 49.0 Å². The highest BCUT2D eigenvalue weighted by atomic mass is 16.5. The summed E-state index contributed by atoms with van der Waals surface area (Å²) >= 11 is 0. The van der Waals surface area contributed by atoms with Crippen molar-refractivity contribution >= 4 is 23.5 Å². The van der Waals surface area contributed by atoms with Crippen molar-refractivity contribution in [3.05, 3.63) is 59.7 Å². The molecule has 1 aliphatic heterocycles. The number of urea groups is 1. The van der Waals surface area contributed by atoms with Crippen LogP contribution in [0.2, 0.25) is 0 Å². The van der Waals surface area contributed by atoms with Crippen LogP contribution < -0.4 is 15.0 Å². The molecule has 0 aliphatic carbocycles. The lowest BCUT2D eigenvalue weighted by atomic mass is 10.1. The molecular formula is C25H31N3O4. The Bertz CT molecular complexity index is 958. The molecule has 32 heavy (non-hydrogen) atoms. The average molecular weight is 438 g/mol. The van der Waals surface area contributed by atoms with E-state index in [-0.39, 0.29) is 24.3 Å². The Morgan fingerprint density at radius 2 is 1.88 bits per heavy atom. The average Bonchev–Trinajstić information content (AvgIpc) is 3.08. The van der Waals surface area contributed by atoms with E-state index >= 15 is 0 Å². The largest absolute Gasteiger partial charge is 0.496 e. The van der Waals surface area contributed by atoms with Crippen molar-refractivity contribution in [1.29, 1.82) is 0 Å². The normalized spacial score (nSPS) is 15.7. The van der Waals surface area contributed by atoms with E-state index in [9.17, 15) is 14.4 Å². The van der Waals surface area contributed by atoms with Gasteiger partial charge in [-0.3, -0.25) is 9.59 Å². The van der Waals surface area contributed by atoms with Crippen molar-refractivity contribution in [2.45, 2.75) is 45.6 Å². The Morgan fingerprint density at radius 3 is 2.56 bits per heavy atom. The van der Waals surface area contributed by atoms with Gasteiger partial charge in [-0.05, 0) is 43.5 Å². The first-order valence-corrected chi connectivity index (χ1v) is 11.1. The van der Waals surface area contributed by atoms with Crippen LogP contribution in [0.4, 0.5) is 10.5 Å². The van der Waals surface area contributed by atoms with Gasteiger partial charge in [-0.15, -0.1) is 0 Å². The number of anilines is 1. The molecule has 1 fully saturated rings. The van der Waals surface area contributed by atoms with E-state index in [4.69, 9.17) is 4.74 Å². The third kappa shape index (κ3) is 5.28. The summed E-state index contributed by atoms with van der Waals surface area (Å²) < 4.78 is 5.42. The molecule has 1 aliphatic rings. The van der Waals surface area contributed by atoms with Crippen molar-refractivity contribution in [2.24, 2.45) is 0 Å². The molecular weight excluding hydrogens is 406 g/mol. The molecule has 170 valence electrons. The standard InChI is InChI=1S/C25H31N3O4/c1-4-5-15-26-25(31)27(16-14-19-8-6-7-9-22(19)32-3)21-17-23(29)28(24(21)30)20-12-10-18(2)11-13-20/h6-13,21H,4-5,14-17H2,1-3H3,(H,26,31). The minimum Gasteiger partial charge on any atom is -0.496 e. The van der Waals surface area contributed by atoms with Crippen LogP contribution >= 0.6 is 0 Å². The molecule has 1 N–H and O–H groups in total. The fourth-order valence-electron chi connectivity index (χ4n) is 3.85. The Morgan fingerprint density at radius 1 is 1.16 bits per heavy atom. The summed E-state index contributed by atoms with van der Waals surface area (Å²) in [5.41, 5.74) is 2.51. The first-order chi connectivity index (χ1) is 15.5. The van der Waals surface area contributed by atoms with Gasteiger partial charge in [0.05, 0.1) is 19.2 Å². The van der Waals surface area contributed by atoms with Crippen molar-refractivity contribution in [2.75, 3.05) is 25.1 Å². The van der Waals surface area contributed by atoms with Crippen LogP contribution in [0.3, 0.4) is 0 Å². The number of benzene rings is 2. The number of hydrogen-bond acceptors (Lipinski definition) is 4. The van der Waals surface area contributed by atoms with Crippen molar-refractivity contribution in [3.8, 4) is 5.75 Å². The quantitative estimate of drug-likeness (QED) is 0.479. The second kappa shape index (κ2) is 10.8. The number of hydrogen-bond donors (Lipinski definition) is 1. The first kappa shape index (κ1) is 23.3. The molecule has 3 rings (SSSR count). The molecule has 1 saturated heterocycles. The summed E-state index contributed by atoms with van der Waals surface area (Å²) in [6, 6.07) is 13.7. The maximum Gasteiger partial charge on any atom is 0.318 e. The summed E-state index contributed by atoms with van der Waals surface area (Å²) in [5, 5.41) is 2.90. The Balaban J connectivity index is 1.82. The third-order valence-electron chi connectivity index (χ3n) is 5.67. The highest BCUT2D eigenvalue weighted by molar-refractivity contribution is 6.23. The number of nitrogens with one attached hydrogen (secondary N) is 1. The van der Waals surface area contributed by atoms with Crippen molar-refractivity contribution < 1.29 is 19.1 Å². The van der Waals surface area contributed by atoms with Gasteiger partial charge in [-0.25, -0.2) is 9.69 Å². The maximum atomic E-state index is 13.3. The van der Waals surface area contributed by atoms with Crippen LogP contribution in [0.1, 0.15) is 37.3 Å². The molecule has 0 spiro atoms. The van der Waals surface area contributed by atoms with Crippen LogP contribution in [0.15, 0.2) is 48.5 Å². The number of imide groups is 1. The van der Waals surface area contributed by atoms with E-state index in [1.54, 1.807) is 19.2 Å². The van der Waals surface area contributed by atoms with E-state index in [0.29, 0.717) is 25.2 Å². The molecule has 0 aromatic heterocycles. The highest BCUT2D eigenvalue weighted by Crippen LogP contribution is 2.27. The van der Waals surface area contributed by atoms with Gasteiger partial charge < -0.3 is 15.0 Å². The number of methoxy groups -OCH3 is 1. The zero-order valence-corrected chi connectivity index (χ0v) is 19.0. The Kier molecular flexibility index (Phi) is 7.87. The second-order valence-corrected chi connectivity index (χ2v) is 7.96. The van der Waals surface area contributed by atoms with Gasteiger partial charge in [-0.1, -0.05) is 49.2 Å². The monoisotopic (exact) mass is 437 g/mol. The summed E-state index contributed by atoms with van der Waals surface area (Å²) in [7, 11) is 1.60. The SMILES string of the molecule is CCCCNC(=O)N(CCc1ccccc1OC)C1CC(=O)N(c2ccc(C)cc2)C1=O. The number of rotatable bonds is 9. The molecule has 7 heteroatoms. The minimum atomic E-state index is -0.833. The molecule has 1 unspecified atom stereocenters. The van der Waals surface area contributed by atoms with E-state index in [2.05, 4.69) is 5.32 Å². The van der Waals surface area contributed by atoms with Gasteiger partial charge in [0, 0.05) is 13.1 Å². The van der Waals surface area contributed by atoms with Crippen LogP contribution in [-0.2, 0) is 16.0 Å². The lowest BCUT2D eigenvalue weighted by Gasteiger charge is -2.28. The number of carbonyl (C=O) groups excluding carboxylic acids is 3. The lowest BCUT2D eigenvalue weighted by molar-refractivity contribution is -0.122. The molecule has 2 aromatic rings. The molecule has 4 amide bonds. The van der Waals surface area contributed by atoms with E-state index < -0.39 is 6.04 Å². The van der Waals surface area contributed by atoms with Crippen molar-refractivity contribution in [3.63, 3.8) is 0 Å². The molecule has 1 heterocycles. The number of para-hydroxylation sites is 1. The summed E-state index contributed by atoms with van der Waals surface area (Å²) in [4.78, 5) is 41.8. The maximum absolute atomic E-state index is 13.3. The van der Waals surface area contributed by atoms with Gasteiger partial charge >= 0.3 is 6.03 Å². The Labute approximate surface area is 189 Å². The van der Waals surface area contributed by atoms with E-state index in [1.165, 1.54) is 9.80 Å². The molecule has 2 aromatic carbocycles. The second-order valence-electron chi connectivity index (χ2n) is 7.96. The first-order valence-electron chi connectivity index (χ1n) is 11.1. The number of carbonyl (C=O) groups is 3. The fourth-order valence-corrected chi connectivity index (χ4v) is 3.85. The zero-order chi connectivity index (χ0) is 23.1. The Hall–Kier alpha value is -3.35. The van der Waals surface area contributed by atoms with Gasteiger partial charge in [0.2, 0.25) is 5.91 Å². The van der Waals surface area contributed by atoms with Gasteiger partial charge in [0.15, 0.2) is 0 Å². The topological polar surface area (TPSA) is 79.0 Å². The predicted molar refractivity (Wildman–Crippen MR) is 124 cm³/mol. The van der Waals surface area contributed by atoms with Crippen LogP contribution in [0, 0.1) is 6.92 Å². The molecule has 0 saturated carbocycles. The fraction of sp³-hybridized carbons (Fsp3) is 0.400. The lowest BCUT2D eigenvalue weighted by Crippen LogP contribution is -2.50. The minimum absolute atomic E-state index is 0.0279. The number of aryl methyl sites for hydroxylation is 1. The smallest absolute Gasteiger partial charge is 0.318 e. The van der Waals surface area contributed by atoms with Gasteiger partial charge in [0.25, 0.3) is 5.91 Å². The number of amides is 4. The number of nitrogens with zero attached hydrogens (tertiary/aromatic N) is 2. The molecule has 1 atom stereocenters. The van der Waals surface area contributed by atoms with E-state index in [1.807, 2.05) is 50.2 Å². The zero-order valence-electron chi connectivity index (χ0n) is 19.0. The summed E-state index contributed by atoms with van der Waals surface area (Å²) in [6.07, 6.45) is 2.27. The summed E-state index contributed by atoms with van der Waals surface area (Å²) in [5.74, 6) is 0.0611. The molecule has 7 nitrogen and oxygen atoms in total. The predicted octanol–water partition coefficient (Wildman–Crippen LogP) is 3.69. The van der Waals surface area contributed by atoms with Crippen LogP contribution in [0.5, 0.6) is 5.75 Å².